The van der Waals surface area contributed by atoms with Crippen LogP contribution in [0.25, 0.3) is 20.7 Å². The van der Waals surface area contributed by atoms with Crippen molar-refractivity contribution in [3.63, 3.8) is 0 Å². The molecule has 4 heterocycles. The maximum Gasteiger partial charge on any atom is 0.260 e. The first-order valence-electron chi connectivity index (χ1n) is 8.03. The second-order valence-electron chi connectivity index (χ2n) is 5.76. The normalized spacial score (nSPS) is 12.7. The zero-order valence-electron chi connectivity index (χ0n) is 13.6. The molecule has 0 bridgehead atoms. The summed E-state index contributed by atoms with van der Waals surface area (Å²) in [7, 11) is 0. The minimum Gasteiger partial charge on any atom is -0.469 e. The van der Waals surface area contributed by atoms with Crippen LogP contribution in [-0.4, -0.2) is 16.5 Å². The molecule has 0 aromatic carbocycles. The summed E-state index contributed by atoms with van der Waals surface area (Å²) in [6.07, 6.45) is 2.47. The third kappa shape index (κ3) is 3.30. The second-order valence-corrected chi connectivity index (χ2v) is 7.57. The molecule has 0 fully saturated rings. The summed E-state index contributed by atoms with van der Waals surface area (Å²) < 4.78 is 5.33. The molecule has 0 aliphatic heterocycles. The van der Waals surface area contributed by atoms with Gasteiger partial charge in [0.2, 0.25) is 0 Å². The molecule has 1 atom stereocenters. The minimum absolute atomic E-state index is 0.0423. The molecule has 0 saturated heterocycles. The number of thiophene rings is 2. The maximum absolute atomic E-state index is 12.6. The summed E-state index contributed by atoms with van der Waals surface area (Å²) in [5, 5.41) is 8.08. The van der Waals surface area contributed by atoms with E-state index in [0.29, 0.717) is 11.2 Å². The maximum atomic E-state index is 12.6. The molecule has 1 unspecified atom stereocenters. The van der Waals surface area contributed by atoms with Gasteiger partial charge in [-0.25, -0.2) is 4.98 Å². The molecule has 4 aromatic heterocycles. The summed E-state index contributed by atoms with van der Waals surface area (Å²) in [5.41, 5.74) is 0.887. The Labute approximate surface area is 152 Å². The van der Waals surface area contributed by atoms with E-state index in [0.717, 1.165) is 34.0 Å². The molecule has 2 N–H and O–H groups in total. The number of aromatic nitrogens is 2. The number of hydrogen-bond donors (Lipinski definition) is 2. The number of nitrogens with zero attached hydrogens (tertiary/aromatic N) is 1. The fraction of sp³-hybridized carbons (Fsp3) is 0.222. The van der Waals surface area contributed by atoms with Crippen molar-refractivity contribution in [2.75, 3.05) is 6.54 Å². The Morgan fingerprint density at radius 2 is 2.24 bits per heavy atom. The van der Waals surface area contributed by atoms with E-state index in [2.05, 4.69) is 15.3 Å². The average Bonchev–Trinajstić information content (AvgIpc) is 3.35. The van der Waals surface area contributed by atoms with Crippen molar-refractivity contribution in [2.24, 2.45) is 0 Å². The van der Waals surface area contributed by atoms with Crippen LogP contribution in [0.1, 0.15) is 24.6 Å². The quantitative estimate of drug-likeness (QED) is 0.533. The minimum atomic E-state index is -0.0793. The second kappa shape index (κ2) is 6.95. The van der Waals surface area contributed by atoms with E-state index in [1.807, 2.05) is 41.9 Å². The number of aromatic amines is 1. The lowest BCUT2D eigenvalue weighted by molar-refractivity contribution is 0.480. The molecule has 0 spiro atoms. The summed E-state index contributed by atoms with van der Waals surface area (Å²) in [5.74, 6) is 1.60. The molecule has 128 valence electrons. The Morgan fingerprint density at radius 1 is 1.32 bits per heavy atom. The Hall–Kier alpha value is -2.22. The van der Waals surface area contributed by atoms with Crippen LogP contribution in [0.5, 0.6) is 0 Å². The van der Waals surface area contributed by atoms with Crippen LogP contribution >= 0.6 is 22.7 Å². The van der Waals surface area contributed by atoms with E-state index < -0.39 is 0 Å². The van der Waals surface area contributed by atoms with Crippen LogP contribution in [0.2, 0.25) is 0 Å². The van der Waals surface area contributed by atoms with Gasteiger partial charge in [0, 0.05) is 28.8 Å². The molecule has 0 amide bonds. The van der Waals surface area contributed by atoms with E-state index in [1.54, 1.807) is 17.6 Å². The van der Waals surface area contributed by atoms with Gasteiger partial charge in [0.1, 0.15) is 16.4 Å². The first kappa shape index (κ1) is 16.3. The number of hydrogen-bond acceptors (Lipinski definition) is 6. The lowest BCUT2D eigenvalue weighted by Crippen LogP contribution is -2.25. The molecule has 0 aliphatic carbocycles. The van der Waals surface area contributed by atoms with Crippen molar-refractivity contribution in [2.45, 2.75) is 19.4 Å². The van der Waals surface area contributed by atoms with Crippen LogP contribution in [-0.2, 0) is 6.42 Å². The van der Waals surface area contributed by atoms with Crippen molar-refractivity contribution in [3.05, 3.63) is 63.2 Å². The molecule has 4 rings (SSSR count). The highest BCUT2D eigenvalue weighted by Gasteiger charge is 2.16. The van der Waals surface area contributed by atoms with Gasteiger partial charge in [-0.05, 0) is 30.5 Å². The number of nitrogens with one attached hydrogen (secondary N) is 2. The van der Waals surface area contributed by atoms with E-state index in [9.17, 15) is 4.79 Å². The number of fused-ring (bicyclic) bond motifs is 1. The molecule has 0 aliphatic rings. The highest BCUT2D eigenvalue weighted by atomic mass is 32.1. The first-order valence-corrected chi connectivity index (χ1v) is 9.79. The predicted molar refractivity (Wildman–Crippen MR) is 102 cm³/mol. The Bertz CT molecular complexity index is 1020. The highest BCUT2D eigenvalue weighted by Crippen LogP contribution is 2.33. The third-order valence-corrected chi connectivity index (χ3v) is 5.84. The van der Waals surface area contributed by atoms with Gasteiger partial charge >= 0.3 is 0 Å². The van der Waals surface area contributed by atoms with Crippen molar-refractivity contribution in [1.82, 2.24) is 15.3 Å². The molecule has 0 radical (unpaired) electrons. The van der Waals surface area contributed by atoms with E-state index in [-0.39, 0.29) is 11.6 Å². The molecule has 5 nitrogen and oxygen atoms in total. The Kier molecular flexibility index (Phi) is 4.52. The zero-order valence-corrected chi connectivity index (χ0v) is 15.2. The van der Waals surface area contributed by atoms with Crippen molar-refractivity contribution in [3.8, 4) is 10.4 Å². The lowest BCUT2D eigenvalue weighted by atomic mass is 10.2. The third-order valence-electron chi connectivity index (χ3n) is 4.06. The van der Waals surface area contributed by atoms with E-state index in [4.69, 9.17) is 4.42 Å². The monoisotopic (exact) mass is 371 g/mol. The van der Waals surface area contributed by atoms with Crippen LogP contribution in [0.4, 0.5) is 0 Å². The molecule has 0 saturated carbocycles. The fourth-order valence-corrected chi connectivity index (χ4v) is 4.52. The number of furan rings is 1. The molecule has 25 heavy (non-hydrogen) atoms. The van der Waals surface area contributed by atoms with Gasteiger partial charge in [-0.2, -0.15) is 0 Å². The lowest BCUT2D eigenvalue weighted by Gasteiger charge is -2.12. The van der Waals surface area contributed by atoms with Crippen molar-refractivity contribution >= 4 is 32.9 Å². The molecule has 7 heteroatoms. The molecular formula is C18H17N3O2S2. The standard InChI is InChI=1S/C18H17N3O2S2/c1-11(19-7-6-12-4-2-8-23-12)16-20-17(22)15-13(10-25-18(15)21-16)14-5-3-9-24-14/h2-5,8-11,19H,6-7H2,1H3,(H,20,21,22). The highest BCUT2D eigenvalue weighted by molar-refractivity contribution is 7.18. The van der Waals surface area contributed by atoms with Gasteiger partial charge in [-0.3, -0.25) is 4.79 Å². The summed E-state index contributed by atoms with van der Waals surface area (Å²) in [6, 6.07) is 7.81. The molecular weight excluding hydrogens is 354 g/mol. The summed E-state index contributed by atoms with van der Waals surface area (Å²) in [4.78, 5) is 22.1. The number of rotatable bonds is 6. The van der Waals surface area contributed by atoms with Gasteiger partial charge in [0.15, 0.2) is 0 Å². The van der Waals surface area contributed by atoms with Gasteiger partial charge in [0.25, 0.3) is 5.56 Å². The fourth-order valence-electron chi connectivity index (χ4n) is 2.75. The largest absolute Gasteiger partial charge is 0.469 e. The zero-order chi connectivity index (χ0) is 17.2. The Morgan fingerprint density at radius 3 is 3.00 bits per heavy atom. The van der Waals surface area contributed by atoms with Crippen LogP contribution in [0, 0.1) is 0 Å². The van der Waals surface area contributed by atoms with Crippen molar-refractivity contribution < 1.29 is 4.42 Å². The smallest absolute Gasteiger partial charge is 0.260 e. The van der Waals surface area contributed by atoms with Crippen molar-refractivity contribution in [1.29, 1.82) is 0 Å². The van der Waals surface area contributed by atoms with Crippen LogP contribution < -0.4 is 10.9 Å². The van der Waals surface area contributed by atoms with Gasteiger partial charge < -0.3 is 14.7 Å². The first-order chi connectivity index (χ1) is 12.2. The van der Waals surface area contributed by atoms with E-state index >= 15 is 0 Å². The van der Waals surface area contributed by atoms with Gasteiger partial charge in [-0.1, -0.05) is 6.07 Å². The van der Waals surface area contributed by atoms with Crippen LogP contribution in [0.3, 0.4) is 0 Å². The average molecular weight is 371 g/mol. The molecule has 4 aromatic rings. The van der Waals surface area contributed by atoms with Gasteiger partial charge in [-0.15, -0.1) is 22.7 Å². The predicted octanol–water partition coefficient (Wildman–Crippen LogP) is 4.20. The topological polar surface area (TPSA) is 70.9 Å². The van der Waals surface area contributed by atoms with Gasteiger partial charge in [0.05, 0.1) is 17.7 Å². The van der Waals surface area contributed by atoms with E-state index in [1.165, 1.54) is 11.3 Å². The summed E-state index contributed by atoms with van der Waals surface area (Å²) >= 11 is 3.14. The Balaban J connectivity index is 1.55. The summed E-state index contributed by atoms with van der Waals surface area (Å²) in [6.45, 7) is 2.75. The SMILES string of the molecule is CC(NCCc1ccco1)c1nc2scc(-c3cccs3)c2c(=O)[nH]1. The van der Waals surface area contributed by atoms with Crippen LogP contribution in [0.15, 0.2) is 50.5 Å². The number of H-pyrrole nitrogens is 1.